The zero-order chi connectivity index (χ0) is 13.0. The molecular formula is C11H15N3O3. The first kappa shape index (κ1) is 12.8. The van der Waals surface area contributed by atoms with Crippen LogP contribution in [0.3, 0.4) is 0 Å². The summed E-state index contributed by atoms with van der Waals surface area (Å²) in [6.45, 7) is 1.51. The smallest absolute Gasteiger partial charge is 0.407 e. The van der Waals surface area contributed by atoms with E-state index in [-0.39, 0.29) is 0 Å². The molecule has 0 saturated heterocycles. The predicted octanol–water partition coefficient (Wildman–Crippen LogP) is 1.21. The molecule has 17 heavy (non-hydrogen) atoms. The average molecular weight is 237 g/mol. The quantitative estimate of drug-likeness (QED) is 0.688. The number of nitrogen functional groups attached to an aromatic ring is 1. The van der Waals surface area contributed by atoms with Crippen LogP contribution in [0, 0.1) is 0 Å². The molecule has 0 heterocycles. The lowest BCUT2D eigenvalue weighted by atomic mass is 10.2. The van der Waals surface area contributed by atoms with E-state index in [0.29, 0.717) is 11.4 Å². The first-order valence-corrected chi connectivity index (χ1v) is 5.04. The van der Waals surface area contributed by atoms with E-state index in [4.69, 9.17) is 10.8 Å². The topological polar surface area (TPSA) is 95.7 Å². The molecule has 1 unspecified atom stereocenters. The van der Waals surface area contributed by atoms with Gasteiger partial charge in [0, 0.05) is 18.4 Å². The zero-order valence-corrected chi connectivity index (χ0v) is 9.68. The van der Waals surface area contributed by atoms with E-state index in [0.717, 1.165) is 4.90 Å². The molecule has 1 rings (SSSR count). The third kappa shape index (κ3) is 3.37. The third-order valence-corrected chi connectivity index (χ3v) is 2.42. The Morgan fingerprint density at radius 2 is 2.12 bits per heavy atom. The lowest BCUT2D eigenvalue weighted by molar-refractivity contribution is -0.119. The average Bonchev–Trinajstić information content (AvgIpc) is 2.26. The van der Waals surface area contributed by atoms with Crippen molar-refractivity contribution in [3.05, 3.63) is 24.3 Å². The fraction of sp³-hybridized carbons (Fsp3) is 0.273. The Morgan fingerprint density at radius 3 is 2.65 bits per heavy atom. The second-order valence-electron chi connectivity index (χ2n) is 3.68. The van der Waals surface area contributed by atoms with Gasteiger partial charge in [0.05, 0.1) is 0 Å². The summed E-state index contributed by atoms with van der Waals surface area (Å²) in [7, 11) is 1.34. The van der Waals surface area contributed by atoms with E-state index in [1.807, 2.05) is 0 Å². The Balaban J connectivity index is 2.69. The molecule has 0 aromatic heterocycles. The number of nitrogens with one attached hydrogen (secondary N) is 1. The Labute approximate surface area is 99.0 Å². The summed E-state index contributed by atoms with van der Waals surface area (Å²) in [6.07, 6.45) is -1.15. The first-order valence-electron chi connectivity index (χ1n) is 5.04. The van der Waals surface area contributed by atoms with Gasteiger partial charge in [0.15, 0.2) is 0 Å². The fourth-order valence-corrected chi connectivity index (χ4v) is 1.20. The highest BCUT2D eigenvalue weighted by atomic mass is 16.4. The molecule has 0 saturated carbocycles. The minimum absolute atomic E-state index is 0.402. The minimum atomic E-state index is -1.15. The summed E-state index contributed by atoms with van der Waals surface area (Å²) in [4.78, 5) is 23.3. The summed E-state index contributed by atoms with van der Waals surface area (Å²) in [5, 5.41) is 11.3. The van der Waals surface area contributed by atoms with Crippen molar-refractivity contribution in [2.45, 2.75) is 13.0 Å². The Kier molecular flexibility index (Phi) is 3.92. The van der Waals surface area contributed by atoms with Crippen LogP contribution in [0.2, 0.25) is 0 Å². The van der Waals surface area contributed by atoms with E-state index < -0.39 is 18.0 Å². The number of carbonyl (C=O) groups is 2. The summed E-state index contributed by atoms with van der Waals surface area (Å²) >= 11 is 0. The molecule has 0 bridgehead atoms. The number of hydrogen-bond acceptors (Lipinski definition) is 3. The second kappa shape index (κ2) is 5.20. The van der Waals surface area contributed by atoms with Gasteiger partial charge in [-0.2, -0.15) is 0 Å². The van der Waals surface area contributed by atoms with Crippen LogP contribution in [0.5, 0.6) is 0 Å². The van der Waals surface area contributed by atoms with E-state index in [9.17, 15) is 9.59 Å². The van der Waals surface area contributed by atoms with Gasteiger partial charge >= 0.3 is 6.09 Å². The maximum atomic E-state index is 11.7. The lowest BCUT2D eigenvalue weighted by Crippen LogP contribution is -2.42. The zero-order valence-electron chi connectivity index (χ0n) is 9.68. The minimum Gasteiger partial charge on any atom is -0.465 e. The summed E-state index contributed by atoms with van der Waals surface area (Å²) in [6, 6.07) is 5.92. The van der Waals surface area contributed by atoms with Crippen LogP contribution in [-0.4, -0.2) is 35.1 Å². The van der Waals surface area contributed by atoms with E-state index in [2.05, 4.69) is 5.32 Å². The molecule has 1 aromatic rings. The number of benzene rings is 1. The molecule has 0 radical (unpaired) electrons. The lowest BCUT2D eigenvalue weighted by Gasteiger charge is -2.20. The highest BCUT2D eigenvalue weighted by molar-refractivity contribution is 5.96. The van der Waals surface area contributed by atoms with Gasteiger partial charge < -0.3 is 16.2 Å². The van der Waals surface area contributed by atoms with Crippen LogP contribution in [0.25, 0.3) is 0 Å². The van der Waals surface area contributed by atoms with Crippen molar-refractivity contribution in [3.8, 4) is 0 Å². The van der Waals surface area contributed by atoms with Gasteiger partial charge in [-0.25, -0.2) is 4.79 Å². The molecule has 0 aliphatic rings. The number of amides is 2. The highest BCUT2D eigenvalue weighted by Crippen LogP contribution is 2.12. The second-order valence-corrected chi connectivity index (χ2v) is 3.68. The maximum absolute atomic E-state index is 11.7. The van der Waals surface area contributed by atoms with Crippen LogP contribution in [0.1, 0.15) is 6.92 Å². The van der Waals surface area contributed by atoms with E-state index >= 15 is 0 Å². The summed E-state index contributed by atoms with van der Waals surface area (Å²) in [5.41, 5.74) is 6.63. The monoisotopic (exact) mass is 237 g/mol. The molecule has 0 fully saturated rings. The van der Waals surface area contributed by atoms with E-state index in [1.165, 1.54) is 14.0 Å². The van der Waals surface area contributed by atoms with Gasteiger partial charge in [0.1, 0.15) is 6.04 Å². The van der Waals surface area contributed by atoms with Crippen molar-refractivity contribution in [2.24, 2.45) is 0 Å². The Morgan fingerprint density at radius 1 is 1.47 bits per heavy atom. The van der Waals surface area contributed by atoms with Crippen LogP contribution < -0.4 is 11.1 Å². The number of likely N-dealkylation sites (N-methyl/N-ethyl adjacent to an activating group) is 1. The largest absolute Gasteiger partial charge is 0.465 e. The van der Waals surface area contributed by atoms with Crippen molar-refractivity contribution >= 4 is 23.4 Å². The number of nitrogens with zero attached hydrogens (tertiary/aromatic N) is 1. The molecule has 92 valence electrons. The standard InChI is InChI=1S/C11H15N3O3/c1-7(14(2)11(16)17)10(15)13-9-5-3-4-8(12)6-9/h3-7H,12H2,1-2H3,(H,13,15)(H,16,17). The Bertz CT molecular complexity index is 434. The molecule has 6 heteroatoms. The van der Waals surface area contributed by atoms with Crippen LogP contribution in [-0.2, 0) is 4.79 Å². The van der Waals surface area contributed by atoms with Crippen molar-refractivity contribution in [1.29, 1.82) is 0 Å². The molecule has 1 aromatic carbocycles. The maximum Gasteiger partial charge on any atom is 0.407 e. The van der Waals surface area contributed by atoms with Gasteiger partial charge in [-0.3, -0.25) is 9.69 Å². The molecule has 6 nitrogen and oxygen atoms in total. The van der Waals surface area contributed by atoms with E-state index in [1.54, 1.807) is 24.3 Å². The van der Waals surface area contributed by atoms with Gasteiger partial charge in [-0.1, -0.05) is 6.07 Å². The van der Waals surface area contributed by atoms with Crippen LogP contribution >= 0.6 is 0 Å². The van der Waals surface area contributed by atoms with Gasteiger partial charge in [0.2, 0.25) is 5.91 Å². The molecule has 1 atom stereocenters. The first-order chi connectivity index (χ1) is 7.91. The SMILES string of the molecule is CC(C(=O)Nc1cccc(N)c1)N(C)C(=O)O. The fourth-order valence-electron chi connectivity index (χ4n) is 1.20. The molecule has 0 aliphatic heterocycles. The predicted molar refractivity (Wildman–Crippen MR) is 64.7 cm³/mol. The normalized spacial score (nSPS) is 11.6. The molecule has 2 amide bonds. The number of carboxylic acid groups (broad SMARTS) is 1. The van der Waals surface area contributed by atoms with Crippen molar-refractivity contribution in [2.75, 3.05) is 18.1 Å². The number of carbonyl (C=O) groups excluding carboxylic acids is 1. The summed E-state index contributed by atoms with van der Waals surface area (Å²) < 4.78 is 0. The molecule has 4 N–H and O–H groups in total. The van der Waals surface area contributed by atoms with Crippen molar-refractivity contribution < 1.29 is 14.7 Å². The molecular weight excluding hydrogens is 222 g/mol. The summed E-state index contributed by atoms with van der Waals surface area (Å²) in [5.74, 6) is -0.402. The number of rotatable bonds is 3. The van der Waals surface area contributed by atoms with Crippen molar-refractivity contribution in [3.63, 3.8) is 0 Å². The highest BCUT2D eigenvalue weighted by Gasteiger charge is 2.21. The number of hydrogen-bond donors (Lipinski definition) is 3. The van der Waals surface area contributed by atoms with Crippen LogP contribution in [0.15, 0.2) is 24.3 Å². The third-order valence-electron chi connectivity index (χ3n) is 2.42. The molecule has 0 aliphatic carbocycles. The number of nitrogens with two attached hydrogens (primary N) is 1. The van der Waals surface area contributed by atoms with Crippen molar-refractivity contribution in [1.82, 2.24) is 4.90 Å². The Hall–Kier alpha value is -2.24. The van der Waals surface area contributed by atoms with Gasteiger partial charge in [-0.15, -0.1) is 0 Å². The number of anilines is 2. The van der Waals surface area contributed by atoms with Gasteiger partial charge in [0.25, 0.3) is 0 Å². The van der Waals surface area contributed by atoms with Crippen LogP contribution in [0.4, 0.5) is 16.2 Å². The van der Waals surface area contributed by atoms with Gasteiger partial charge in [-0.05, 0) is 25.1 Å². The molecule has 0 spiro atoms.